The van der Waals surface area contributed by atoms with Gasteiger partial charge in [0.1, 0.15) is 28.7 Å². The molecule has 0 aliphatic carbocycles. The van der Waals surface area contributed by atoms with E-state index in [0.29, 0.717) is 6.07 Å². The van der Waals surface area contributed by atoms with Gasteiger partial charge in [-0.2, -0.15) is 0 Å². The Morgan fingerprint density at radius 2 is 1.60 bits per heavy atom. The Balaban J connectivity index is 2.49. The first-order valence-corrected chi connectivity index (χ1v) is 5.94. The molecule has 0 aliphatic heterocycles. The fourth-order valence-corrected chi connectivity index (χ4v) is 2.35. The number of H-pyrrole nitrogens is 1. The van der Waals surface area contributed by atoms with Crippen molar-refractivity contribution in [1.29, 1.82) is 0 Å². The fraction of sp³-hybridized carbons (Fsp3) is 0. The summed E-state index contributed by atoms with van der Waals surface area (Å²) in [6.07, 6.45) is 0. The molecule has 0 aliphatic rings. The first-order chi connectivity index (χ1) is 9.49. The Labute approximate surface area is 115 Å². The maximum absolute atomic E-state index is 13.8. The van der Waals surface area contributed by atoms with E-state index in [9.17, 15) is 17.6 Å². The third kappa shape index (κ3) is 1.82. The Morgan fingerprint density at radius 1 is 0.950 bits per heavy atom. The van der Waals surface area contributed by atoms with Gasteiger partial charge in [0.15, 0.2) is 10.6 Å². The molecule has 2 aromatic carbocycles. The van der Waals surface area contributed by atoms with E-state index in [1.54, 1.807) is 0 Å². The minimum atomic E-state index is -0.887. The standard InChI is InChI=1S/C13H6F4N2S/c14-6-4-9(17)11-10(5-6)19(13(20)18-11)12-7(15)2-1-3-8(12)16/h1-5H,(H,18,20). The molecule has 0 saturated heterocycles. The van der Waals surface area contributed by atoms with Crippen molar-refractivity contribution in [2.45, 2.75) is 0 Å². The molecule has 7 heteroatoms. The maximum Gasteiger partial charge on any atom is 0.183 e. The summed E-state index contributed by atoms with van der Waals surface area (Å²) in [5.41, 5.74) is -0.663. The first-order valence-electron chi connectivity index (χ1n) is 5.53. The molecule has 0 saturated carbocycles. The number of aromatic amines is 1. The lowest BCUT2D eigenvalue weighted by Crippen LogP contribution is -2.01. The molecule has 102 valence electrons. The number of hydrogen-bond acceptors (Lipinski definition) is 1. The topological polar surface area (TPSA) is 20.7 Å². The predicted octanol–water partition coefficient (Wildman–Crippen LogP) is 4.24. The largest absolute Gasteiger partial charge is 0.328 e. The fourth-order valence-electron chi connectivity index (χ4n) is 2.06. The van der Waals surface area contributed by atoms with Crippen molar-refractivity contribution in [3.63, 3.8) is 0 Å². The monoisotopic (exact) mass is 298 g/mol. The van der Waals surface area contributed by atoms with Crippen LogP contribution in [0.3, 0.4) is 0 Å². The summed E-state index contributed by atoms with van der Waals surface area (Å²) in [5.74, 6) is -3.52. The first kappa shape index (κ1) is 12.9. The number of halogens is 4. The number of fused-ring (bicyclic) bond motifs is 1. The van der Waals surface area contributed by atoms with Crippen LogP contribution in [0.1, 0.15) is 0 Å². The molecule has 3 rings (SSSR count). The van der Waals surface area contributed by atoms with Gasteiger partial charge in [-0.3, -0.25) is 4.57 Å². The SMILES string of the molecule is Fc1cc(F)c2[nH]c(=S)n(-c3c(F)cccc3F)c2c1. The summed E-state index contributed by atoms with van der Waals surface area (Å²) >= 11 is 4.94. The van der Waals surface area contributed by atoms with Crippen LogP contribution in [-0.4, -0.2) is 9.55 Å². The summed E-state index contributed by atoms with van der Waals surface area (Å²) in [4.78, 5) is 2.48. The quantitative estimate of drug-likeness (QED) is 0.526. The van der Waals surface area contributed by atoms with Gasteiger partial charge < -0.3 is 4.98 Å². The Bertz CT molecular complexity index is 862. The number of nitrogens with zero attached hydrogens (tertiary/aromatic N) is 1. The van der Waals surface area contributed by atoms with Gasteiger partial charge in [-0.05, 0) is 24.4 Å². The Hall–Kier alpha value is -2.15. The third-order valence-corrected chi connectivity index (χ3v) is 3.16. The van der Waals surface area contributed by atoms with Crippen molar-refractivity contribution >= 4 is 23.3 Å². The summed E-state index contributed by atoms with van der Waals surface area (Å²) in [6, 6.07) is 4.88. The smallest absolute Gasteiger partial charge is 0.183 e. The van der Waals surface area contributed by atoms with Gasteiger partial charge in [0, 0.05) is 12.1 Å². The van der Waals surface area contributed by atoms with Gasteiger partial charge in [0.05, 0.1) is 5.52 Å². The number of para-hydroxylation sites is 1. The molecular formula is C13H6F4N2S. The lowest BCUT2D eigenvalue weighted by Gasteiger charge is -2.07. The third-order valence-electron chi connectivity index (χ3n) is 2.87. The van der Waals surface area contributed by atoms with Crippen molar-refractivity contribution in [2.24, 2.45) is 0 Å². The predicted molar refractivity (Wildman–Crippen MR) is 68.3 cm³/mol. The van der Waals surface area contributed by atoms with Gasteiger partial charge in [-0.15, -0.1) is 0 Å². The minimum Gasteiger partial charge on any atom is -0.328 e. The van der Waals surface area contributed by atoms with Crippen LogP contribution in [0.4, 0.5) is 17.6 Å². The molecule has 0 radical (unpaired) electrons. The van der Waals surface area contributed by atoms with Crippen LogP contribution in [0.2, 0.25) is 0 Å². The molecule has 0 unspecified atom stereocenters. The molecule has 20 heavy (non-hydrogen) atoms. The summed E-state index contributed by atoms with van der Waals surface area (Å²) in [7, 11) is 0. The lowest BCUT2D eigenvalue weighted by atomic mass is 10.2. The summed E-state index contributed by atoms with van der Waals surface area (Å²) in [6.45, 7) is 0. The molecule has 0 bridgehead atoms. The average molecular weight is 298 g/mol. The maximum atomic E-state index is 13.8. The van der Waals surface area contributed by atoms with E-state index in [-0.39, 0.29) is 15.8 Å². The van der Waals surface area contributed by atoms with Crippen molar-refractivity contribution in [2.75, 3.05) is 0 Å². The van der Waals surface area contributed by atoms with Crippen molar-refractivity contribution in [1.82, 2.24) is 9.55 Å². The van der Waals surface area contributed by atoms with E-state index in [1.807, 2.05) is 0 Å². The summed E-state index contributed by atoms with van der Waals surface area (Å²) in [5, 5.41) is 0. The number of benzene rings is 2. The zero-order valence-corrected chi connectivity index (χ0v) is 10.6. The van der Waals surface area contributed by atoms with Gasteiger partial charge in [0.2, 0.25) is 0 Å². The van der Waals surface area contributed by atoms with Crippen LogP contribution in [0, 0.1) is 28.0 Å². The van der Waals surface area contributed by atoms with Crippen LogP contribution in [-0.2, 0) is 0 Å². The van der Waals surface area contributed by atoms with Crippen LogP contribution < -0.4 is 0 Å². The molecule has 2 nitrogen and oxygen atoms in total. The van der Waals surface area contributed by atoms with Crippen molar-refractivity contribution < 1.29 is 17.6 Å². The van der Waals surface area contributed by atoms with E-state index in [2.05, 4.69) is 4.98 Å². The second kappa shape index (κ2) is 4.45. The molecule has 3 aromatic rings. The zero-order chi connectivity index (χ0) is 14.4. The molecule has 0 fully saturated rings. The Morgan fingerprint density at radius 3 is 2.25 bits per heavy atom. The second-order valence-corrected chi connectivity index (χ2v) is 4.50. The highest BCUT2D eigenvalue weighted by atomic mass is 32.1. The number of hydrogen-bond donors (Lipinski definition) is 1. The normalized spacial score (nSPS) is 11.2. The van der Waals surface area contributed by atoms with E-state index in [0.717, 1.165) is 22.8 Å². The molecule has 0 amide bonds. The highest BCUT2D eigenvalue weighted by molar-refractivity contribution is 7.71. The van der Waals surface area contributed by atoms with Gasteiger partial charge in [0.25, 0.3) is 0 Å². The minimum absolute atomic E-state index is 0.0727. The molecule has 1 N–H and O–H groups in total. The Kier molecular flexibility index (Phi) is 2.86. The zero-order valence-electron chi connectivity index (χ0n) is 9.75. The molecule has 0 atom stereocenters. The van der Waals surface area contributed by atoms with Gasteiger partial charge in [-0.25, -0.2) is 17.6 Å². The molecule has 1 heterocycles. The molecule has 0 spiro atoms. The van der Waals surface area contributed by atoms with Crippen LogP contribution in [0.15, 0.2) is 30.3 Å². The van der Waals surface area contributed by atoms with E-state index >= 15 is 0 Å². The van der Waals surface area contributed by atoms with Gasteiger partial charge >= 0.3 is 0 Å². The highest BCUT2D eigenvalue weighted by Crippen LogP contribution is 2.26. The average Bonchev–Trinajstić information content (AvgIpc) is 2.67. The van der Waals surface area contributed by atoms with Crippen LogP contribution >= 0.6 is 12.2 Å². The number of aromatic nitrogens is 2. The number of nitrogens with one attached hydrogen (secondary N) is 1. The second-order valence-electron chi connectivity index (χ2n) is 4.12. The van der Waals surface area contributed by atoms with Crippen LogP contribution in [0.5, 0.6) is 0 Å². The van der Waals surface area contributed by atoms with E-state index in [1.165, 1.54) is 6.07 Å². The van der Waals surface area contributed by atoms with Gasteiger partial charge in [-0.1, -0.05) is 6.07 Å². The van der Waals surface area contributed by atoms with Crippen molar-refractivity contribution in [3.8, 4) is 5.69 Å². The lowest BCUT2D eigenvalue weighted by molar-refractivity contribution is 0.569. The van der Waals surface area contributed by atoms with Crippen molar-refractivity contribution in [3.05, 3.63) is 58.4 Å². The van der Waals surface area contributed by atoms with E-state index < -0.39 is 29.0 Å². The number of imidazole rings is 1. The molecular weight excluding hydrogens is 292 g/mol. The number of rotatable bonds is 1. The summed E-state index contributed by atoms with van der Waals surface area (Å²) < 4.78 is 55.4. The van der Waals surface area contributed by atoms with E-state index in [4.69, 9.17) is 12.2 Å². The molecule has 1 aromatic heterocycles. The van der Waals surface area contributed by atoms with Crippen LogP contribution in [0.25, 0.3) is 16.7 Å². The highest BCUT2D eigenvalue weighted by Gasteiger charge is 2.17.